The third kappa shape index (κ3) is 6.08. The SMILES string of the molecule is O=C(Nc1ccccc1-c1nnc(N2CCOCC2)s1)c1cc(OCCCO)nc(-c2ccccc2)n1. The Balaban J connectivity index is 1.41. The minimum atomic E-state index is -0.406. The van der Waals surface area contributed by atoms with Crippen LogP contribution in [0.4, 0.5) is 10.8 Å². The van der Waals surface area contributed by atoms with Gasteiger partial charge in [-0.3, -0.25) is 4.79 Å². The number of benzene rings is 2. The Hall–Kier alpha value is -3.93. The maximum absolute atomic E-state index is 13.4. The van der Waals surface area contributed by atoms with E-state index in [2.05, 4.69) is 30.4 Å². The number of carbonyl (C=O) groups is 1. The molecule has 0 aliphatic carbocycles. The molecule has 2 aromatic carbocycles. The Labute approximate surface area is 217 Å². The lowest BCUT2D eigenvalue weighted by Gasteiger charge is -2.25. The summed E-state index contributed by atoms with van der Waals surface area (Å²) in [5.41, 5.74) is 2.28. The van der Waals surface area contributed by atoms with Crippen LogP contribution in [-0.4, -0.2) is 70.7 Å². The van der Waals surface area contributed by atoms with Gasteiger partial charge in [-0.05, 0) is 12.1 Å². The number of morpholine rings is 1. The second kappa shape index (κ2) is 11.9. The first-order chi connectivity index (χ1) is 18.2. The summed E-state index contributed by atoms with van der Waals surface area (Å²) in [6.07, 6.45) is 0.452. The van der Waals surface area contributed by atoms with Gasteiger partial charge in [0.25, 0.3) is 5.91 Å². The van der Waals surface area contributed by atoms with Crippen molar-refractivity contribution in [3.05, 3.63) is 66.4 Å². The first kappa shape index (κ1) is 24.8. The van der Waals surface area contributed by atoms with Gasteiger partial charge in [0.05, 0.1) is 25.5 Å². The number of carbonyl (C=O) groups excluding carboxylic acids is 1. The van der Waals surface area contributed by atoms with Gasteiger partial charge in [-0.1, -0.05) is 53.8 Å². The average molecular weight is 519 g/mol. The molecule has 0 bridgehead atoms. The number of para-hydroxylation sites is 1. The molecule has 0 saturated carbocycles. The van der Waals surface area contributed by atoms with E-state index in [0.717, 1.165) is 29.3 Å². The van der Waals surface area contributed by atoms with Gasteiger partial charge < -0.3 is 24.8 Å². The molecule has 1 aliphatic heterocycles. The highest BCUT2D eigenvalue weighted by molar-refractivity contribution is 7.18. The zero-order valence-corrected chi connectivity index (χ0v) is 20.9. The lowest BCUT2D eigenvalue weighted by atomic mass is 10.2. The Bertz CT molecular complexity index is 1340. The second-order valence-corrected chi connectivity index (χ2v) is 9.15. The Morgan fingerprint density at radius 2 is 1.84 bits per heavy atom. The fourth-order valence-corrected chi connectivity index (χ4v) is 4.68. The molecular formula is C26H26N6O4S. The Kier molecular flexibility index (Phi) is 7.94. The average Bonchev–Trinajstić information content (AvgIpc) is 3.45. The van der Waals surface area contributed by atoms with E-state index in [4.69, 9.17) is 14.6 Å². The van der Waals surface area contributed by atoms with Crippen molar-refractivity contribution in [2.45, 2.75) is 6.42 Å². The van der Waals surface area contributed by atoms with Crippen molar-refractivity contribution in [2.24, 2.45) is 0 Å². The van der Waals surface area contributed by atoms with Crippen LogP contribution in [0.5, 0.6) is 5.88 Å². The van der Waals surface area contributed by atoms with E-state index in [1.165, 1.54) is 17.4 Å². The Morgan fingerprint density at radius 3 is 2.65 bits per heavy atom. The molecular weight excluding hydrogens is 492 g/mol. The quantitative estimate of drug-likeness (QED) is 0.321. The van der Waals surface area contributed by atoms with E-state index in [9.17, 15) is 4.79 Å². The molecule has 1 amide bonds. The molecule has 1 aliphatic rings. The first-order valence-electron chi connectivity index (χ1n) is 12.0. The van der Waals surface area contributed by atoms with Crippen molar-refractivity contribution in [1.29, 1.82) is 0 Å². The number of rotatable bonds is 9. The summed E-state index contributed by atoms with van der Waals surface area (Å²) in [7, 11) is 0. The summed E-state index contributed by atoms with van der Waals surface area (Å²) in [5, 5.41) is 22.3. The van der Waals surface area contributed by atoms with E-state index < -0.39 is 5.91 Å². The van der Waals surface area contributed by atoms with E-state index in [1.54, 1.807) is 0 Å². The van der Waals surface area contributed by atoms with E-state index in [1.807, 2.05) is 54.6 Å². The number of nitrogens with zero attached hydrogens (tertiary/aromatic N) is 5. The summed E-state index contributed by atoms with van der Waals surface area (Å²) in [4.78, 5) is 24.5. The van der Waals surface area contributed by atoms with Crippen LogP contribution in [0.15, 0.2) is 60.7 Å². The maximum Gasteiger partial charge on any atom is 0.274 e. The summed E-state index contributed by atoms with van der Waals surface area (Å²) in [6.45, 7) is 3.14. The standard InChI is InChI=1S/C26H26N6O4S/c33-13-6-14-36-22-17-21(27-23(29-22)18-7-2-1-3-8-18)24(34)28-20-10-5-4-9-19(20)25-30-31-26(37-25)32-11-15-35-16-12-32/h1-5,7-10,17,33H,6,11-16H2,(H,28,34). The number of anilines is 2. The predicted molar refractivity (Wildman–Crippen MR) is 141 cm³/mol. The van der Waals surface area contributed by atoms with Gasteiger partial charge in [-0.15, -0.1) is 10.2 Å². The van der Waals surface area contributed by atoms with Crippen LogP contribution >= 0.6 is 11.3 Å². The summed E-state index contributed by atoms with van der Waals surface area (Å²) in [5.74, 6) is 0.233. The fourth-order valence-electron chi connectivity index (χ4n) is 3.74. The molecule has 0 spiro atoms. The van der Waals surface area contributed by atoms with E-state index in [0.29, 0.717) is 36.2 Å². The minimum Gasteiger partial charge on any atom is -0.477 e. The molecule has 1 saturated heterocycles. The molecule has 37 heavy (non-hydrogen) atoms. The van der Waals surface area contributed by atoms with Crippen molar-refractivity contribution in [3.8, 4) is 27.8 Å². The van der Waals surface area contributed by atoms with Gasteiger partial charge in [0.15, 0.2) is 10.8 Å². The third-order valence-corrected chi connectivity index (χ3v) is 6.64. The highest BCUT2D eigenvalue weighted by Crippen LogP contribution is 2.34. The normalized spacial score (nSPS) is 13.4. The first-order valence-corrected chi connectivity index (χ1v) is 12.8. The topological polar surface area (TPSA) is 123 Å². The summed E-state index contributed by atoms with van der Waals surface area (Å²) < 4.78 is 11.1. The molecule has 11 heteroatoms. The van der Waals surface area contributed by atoms with E-state index >= 15 is 0 Å². The molecule has 190 valence electrons. The number of nitrogens with one attached hydrogen (secondary N) is 1. The van der Waals surface area contributed by atoms with Crippen molar-refractivity contribution in [3.63, 3.8) is 0 Å². The number of hydrogen-bond acceptors (Lipinski definition) is 10. The van der Waals surface area contributed by atoms with Gasteiger partial charge in [0, 0.05) is 43.3 Å². The highest BCUT2D eigenvalue weighted by atomic mass is 32.1. The zero-order chi connectivity index (χ0) is 25.5. The molecule has 10 nitrogen and oxygen atoms in total. The number of hydrogen-bond donors (Lipinski definition) is 2. The zero-order valence-electron chi connectivity index (χ0n) is 20.0. The fraction of sp³-hybridized carbons (Fsp3) is 0.269. The molecule has 0 atom stereocenters. The highest BCUT2D eigenvalue weighted by Gasteiger charge is 2.20. The third-order valence-electron chi connectivity index (χ3n) is 5.62. The van der Waals surface area contributed by atoms with Gasteiger partial charge in [0.2, 0.25) is 11.0 Å². The van der Waals surface area contributed by atoms with Gasteiger partial charge in [-0.2, -0.15) is 4.98 Å². The number of amides is 1. The van der Waals surface area contributed by atoms with Crippen LogP contribution in [0, 0.1) is 0 Å². The van der Waals surface area contributed by atoms with Crippen LogP contribution < -0.4 is 15.0 Å². The monoisotopic (exact) mass is 518 g/mol. The predicted octanol–water partition coefficient (Wildman–Crippen LogP) is 3.51. The molecule has 4 aromatic rings. The van der Waals surface area contributed by atoms with Crippen molar-refractivity contribution in [1.82, 2.24) is 20.2 Å². The lowest BCUT2D eigenvalue weighted by molar-refractivity contribution is 0.102. The lowest BCUT2D eigenvalue weighted by Crippen LogP contribution is -2.36. The van der Waals surface area contributed by atoms with Gasteiger partial charge >= 0.3 is 0 Å². The molecule has 0 radical (unpaired) electrons. The molecule has 2 N–H and O–H groups in total. The van der Waals surface area contributed by atoms with Crippen LogP contribution in [0.25, 0.3) is 22.0 Å². The van der Waals surface area contributed by atoms with Crippen LogP contribution in [0.1, 0.15) is 16.9 Å². The number of aliphatic hydroxyl groups is 1. The minimum absolute atomic E-state index is 0.000379. The van der Waals surface area contributed by atoms with E-state index in [-0.39, 0.29) is 24.8 Å². The molecule has 1 fully saturated rings. The van der Waals surface area contributed by atoms with Gasteiger partial charge in [0.1, 0.15) is 5.69 Å². The number of aliphatic hydroxyl groups excluding tert-OH is 1. The van der Waals surface area contributed by atoms with Crippen LogP contribution in [0.2, 0.25) is 0 Å². The van der Waals surface area contributed by atoms with Crippen molar-refractivity contribution < 1.29 is 19.4 Å². The van der Waals surface area contributed by atoms with Crippen molar-refractivity contribution >= 4 is 28.1 Å². The molecule has 2 aromatic heterocycles. The smallest absolute Gasteiger partial charge is 0.274 e. The van der Waals surface area contributed by atoms with Gasteiger partial charge in [-0.25, -0.2) is 4.98 Å². The maximum atomic E-state index is 13.4. The van der Waals surface area contributed by atoms with Crippen LogP contribution in [-0.2, 0) is 4.74 Å². The largest absolute Gasteiger partial charge is 0.477 e. The van der Waals surface area contributed by atoms with Crippen molar-refractivity contribution in [2.75, 3.05) is 49.7 Å². The summed E-state index contributed by atoms with van der Waals surface area (Å²) >= 11 is 1.47. The second-order valence-electron chi connectivity index (χ2n) is 8.20. The number of ether oxygens (including phenoxy) is 2. The van der Waals surface area contributed by atoms with Crippen LogP contribution in [0.3, 0.4) is 0 Å². The molecule has 3 heterocycles. The Morgan fingerprint density at radius 1 is 1.05 bits per heavy atom. The molecule has 0 unspecified atom stereocenters. The molecule has 5 rings (SSSR count). The number of aromatic nitrogens is 4. The summed E-state index contributed by atoms with van der Waals surface area (Å²) in [6, 6.07) is 18.4.